The van der Waals surface area contributed by atoms with Crippen LogP contribution < -0.4 is 0 Å². The molecule has 0 N–H and O–H groups in total. The highest BCUT2D eigenvalue weighted by Crippen LogP contribution is 2.39. The highest BCUT2D eigenvalue weighted by Gasteiger charge is 2.43. The SMILES string of the molecule is CCOC(=O)C1(C(C)C)CCOCC1. The third-order valence-corrected chi connectivity index (χ3v) is 3.17. The average Bonchev–Trinajstić information content (AvgIpc) is 2.19. The molecule has 1 aliphatic heterocycles. The molecule has 0 bridgehead atoms. The van der Waals surface area contributed by atoms with Gasteiger partial charge < -0.3 is 9.47 Å². The average molecular weight is 200 g/mol. The molecule has 1 fully saturated rings. The van der Waals surface area contributed by atoms with E-state index in [-0.39, 0.29) is 11.4 Å². The topological polar surface area (TPSA) is 35.5 Å². The van der Waals surface area contributed by atoms with E-state index in [2.05, 4.69) is 13.8 Å². The molecule has 0 spiro atoms. The summed E-state index contributed by atoms with van der Waals surface area (Å²) in [6.07, 6.45) is 1.59. The monoisotopic (exact) mass is 200 g/mol. The largest absolute Gasteiger partial charge is 0.466 e. The zero-order valence-corrected chi connectivity index (χ0v) is 9.34. The molecule has 0 radical (unpaired) electrons. The van der Waals surface area contributed by atoms with Crippen molar-refractivity contribution in [1.82, 2.24) is 0 Å². The second-order valence-electron chi connectivity index (χ2n) is 4.14. The van der Waals surface area contributed by atoms with Crippen molar-refractivity contribution in [1.29, 1.82) is 0 Å². The third kappa shape index (κ3) is 2.08. The van der Waals surface area contributed by atoms with E-state index in [1.807, 2.05) is 6.92 Å². The third-order valence-electron chi connectivity index (χ3n) is 3.17. The van der Waals surface area contributed by atoms with Crippen LogP contribution in [0.5, 0.6) is 0 Å². The van der Waals surface area contributed by atoms with E-state index in [0.717, 1.165) is 12.8 Å². The van der Waals surface area contributed by atoms with Crippen molar-refractivity contribution in [3.05, 3.63) is 0 Å². The molecule has 14 heavy (non-hydrogen) atoms. The first-order valence-electron chi connectivity index (χ1n) is 5.38. The molecule has 0 aromatic heterocycles. The standard InChI is InChI=1S/C11H20O3/c1-4-14-10(12)11(9(2)3)5-7-13-8-6-11/h9H,4-8H2,1-3H3. The molecule has 0 atom stereocenters. The van der Waals surface area contributed by atoms with Gasteiger partial charge in [-0.2, -0.15) is 0 Å². The molecule has 0 amide bonds. The van der Waals surface area contributed by atoms with Gasteiger partial charge in [0.15, 0.2) is 0 Å². The molecule has 1 aliphatic rings. The van der Waals surface area contributed by atoms with E-state index in [4.69, 9.17) is 9.47 Å². The summed E-state index contributed by atoms with van der Waals surface area (Å²) in [6, 6.07) is 0. The minimum Gasteiger partial charge on any atom is -0.466 e. The Balaban J connectivity index is 2.74. The molecule has 3 heteroatoms. The van der Waals surface area contributed by atoms with Gasteiger partial charge in [0.25, 0.3) is 0 Å². The summed E-state index contributed by atoms with van der Waals surface area (Å²) in [6.45, 7) is 7.85. The van der Waals surface area contributed by atoms with Gasteiger partial charge in [-0.1, -0.05) is 13.8 Å². The first-order chi connectivity index (χ1) is 6.63. The lowest BCUT2D eigenvalue weighted by Crippen LogP contribution is -2.42. The van der Waals surface area contributed by atoms with Crippen LogP contribution in [0.15, 0.2) is 0 Å². The summed E-state index contributed by atoms with van der Waals surface area (Å²) in [5, 5.41) is 0. The van der Waals surface area contributed by atoms with Crippen LogP contribution in [0.1, 0.15) is 33.6 Å². The number of rotatable bonds is 3. The molecule has 1 heterocycles. The Morgan fingerprint density at radius 3 is 2.43 bits per heavy atom. The van der Waals surface area contributed by atoms with Crippen LogP contribution in [0.3, 0.4) is 0 Å². The van der Waals surface area contributed by atoms with Gasteiger partial charge in [0.2, 0.25) is 0 Å². The van der Waals surface area contributed by atoms with Crippen LogP contribution in [0, 0.1) is 11.3 Å². The quantitative estimate of drug-likeness (QED) is 0.654. The van der Waals surface area contributed by atoms with Crippen molar-refractivity contribution < 1.29 is 14.3 Å². The first-order valence-corrected chi connectivity index (χ1v) is 5.38. The van der Waals surface area contributed by atoms with Gasteiger partial charge in [-0.3, -0.25) is 4.79 Å². The second kappa shape index (κ2) is 4.78. The second-order valence-corrected chi connectivity index (χ2v) is 4.14. The summed E-state index contributed by atoms with van der Waals surface area (Å²) in [5.41, 5.74) is -0.297. The van der Waals surface area contributed by atoms with Crippen molar-refractivity contribution in [3.8, 4) is 0 Å². The Bertz CT molecular complexity index is 193. The van der Waals surface area contributed by atoms with E-state index in [0.29, 0.717) is 25.7 Å². The van der Waals surface area contributed by atoms with Gasteiger partial charge in [-0.05, 0) is 25.7 Å². The van der Waals surface area contributed by atoms with Gasteiger partial charge in [0.05, 0.1) is 12.0 Å². The zero-order valence-electron chi connectivity index (χ0n) is 9.34. The molecule has 0 unspecified atom stereocenters. The van der Waals surface area contributed by atoms with Gasteiger partial charge >= 0.3 is 5.97 Å². The van der Waals surface area contributed by atoms with Crippen LogP contribution >= 0.6 is 0 Å². The number of esters is 1. The predicted octanol–water partition coefficient (Wildman–Crippen LogP) is 2.00. The predicted molar refractivity (Wildman–Crippen MR) is 54.0 cm³/mol. The molecule has 0 aliphatic carbocycles. The van der Waals surface area contributed by atoms with Crippen LogP contribution in [0.25, 0.3) is 0 Å². The van der Waals surface area contributed by atoms with E-state index in [1.165, 1.54) is 0 Å². The van der Waals surface area contributed by atoms with E-state index >= 15 is 0 Å². The zero-order chi connectivity index (χ0) is 10.6. The van der Waals surface area contributed by atoms with Crippen molar-refractivity contribution in [3.63, 3.8) is 0 Å². The molecule has 0 aromatic carbocycles. The molecule has 0 saturated carbocycles. The van der Waals surface area contributed by atoms with Crippen molar-refractivity contribution in [2.75, 3.05) is 19.8 Å². The maximum absolute atomic E-state index is 11.9. The smallest absolute Gasteiger partial charge is 0.312 e. The van der Waals surface area contributed by atoms with Gasteiger partial charge in [0, 0.05) is 13.2 Å². The lowest BCUT2D eigenvalue weighted by Gasteiger charge is -2.38. The van der Waals surface area contributed by atoms with Gasteiger partial charge in [-0.25, -0.2) is 0 Å². The Morgan fingerprint density at radius 2 is 2.00 bits per heavy atom. The summed E-state index contributed by atoms with van der Waals surface area (Å²) >= 11 is 0. The Labute approximate surface area is 85.8 Å². The van der Waals surface area contributed by atoms with Gasteiger partial charge in [0.1, 0.15) is 0 Å². The number of hydrogen-bond acceptors (Lipinski definition) is 3. The molecule has 82 valence electrons. The Kier molecular flexibility index (Phi) is 3.93. The van der Waals surface area contributed by atoms with E-state index in [9.17, 15) is 4.79 Å². The normalized spacial score (nSPS) is 20.9. The fourth-order valence-electron chi connectivity index (χ4n) is 2.03. The minimum absolute atomic E-state index is 0.0432. The van der Waals surface area contributed by atoms with Crippen molar-refractivity contribution in [2.45, 2.75) is 33.6 Å². The van der Waals surface area contributed by atoms with E-state index < -0.39 is 0 Å². The lowest BCUT2D eigenvalue weighted by atomic mass is 9.71. The fourth-order valence-corrected chi connectivity index (χ4v) is 2.03. The molecular weight excluding hydrogens is 180 g/mol. The summed E-state index contributed by atoms with van der Waals surface area (Å²) in [4.78, 5) is 11.9. The van der Waals surface area contributed by atoms with Crippen LogP contribution in [-0.4, -0.2) is 25.8 Å². The molecule has 3 nitrogen and oxygen atoms in total. The highest BCUT2D eigenvalue weighted by atomic mass is 16.5. The molecule has 1 rings (SSSR count). The number of hydrogen-bond donors (Lipinski definition) is 0. The minimum atomic E-state index is -0.297. The number of carbonyl (C=O) groups is 1. The highest BCUT2D eigenvalue weighted by molar-refractivity contribution is 5.77. The Morgan fingerprint density at radius 1 is 1.43 bits per heavy atom. The first kappa shape index (κ1) is 11.5. The summed E-state index contributed by atoms with van der Waals surface area (Å²) in [5.74, 6) is 0.281. The number of ether oxygens (including phenoxy) is 2. The molecule has 0 aromatic rings. The summed E-state index contributed by atoms with van der Waals surface area (Å²) in [7, 11) is 0. The van der Waals surface area contributed by atoms with E-state index in [1.54, 1.807) is 0 Å². The molecular formula is C11H20O3. The van der Waals surface area contributed by atoms with Crippen LogP contribution in [-0.2, 0) is 14.3 Å². The lowest BCUT2D eigenvalue weighted by molar-refractivity contribution is -0.165. The van der Waals surface area contributed by atoms with Crippen LogP contribution in [0.2, 0.25) is 0 Å². The summed E-state index contributed by atoms with van der Waals surface area (Å²) < 4.78 is 10.4. The molecule has 1 saturated heterocycles. The maximum atomic E-state index is 11.9. The number of carbonyl (C=O) groups excluding carboxylic acids is 1. The van der Waals surface area contributed by atoms with Crippen LogP contribution in [0.4, 0.5) is 0 Å². The van der Waals surface area contributed by atoms with Crippen molar-refractivity contribution in [2.24, 2.45) is 11.3 Å². The van der Waals surface area contributed by atoms with Gasteiger partial charge in [-0.15, -0.1) is 0 Å². The maximum Gasteiger partial charge on any atom is 0.312 e. The fraction of sp³-hybridized carbons (Fsp3) is 0.909. The Hall–Kier alpha value is -0.570. The van der Waals surface area contributed by atoms with Crippen molar-refractivity contribution >= 4 is 5.97 Å².